The number of ether oxygens (including phenoxy) is 1. The summed E-state index contributed by atoms with van der Waals surface area (Å²) >= 11 is 6.61. The van der Waals surface area contributed by atoms with Crippen molar-refractivity contribution in [2.75, 3.05) is 24.9 Å². The van der Waals surface area contributed by atoms with E-state index in [1.165, 1.54) is 23.5 Å². The van der Waals surface area contributed by atoms with E-state index in [0.29, 0.717) is 6.42 Å². The van der Waals surface area contributed by atoms with Crippen molar-refractivity contribution in [1.29, 1.82) is 0 Å². The summed E-state index contributed by atoms with van der Waals surface area (Å²) in [7, 11) is 1.64. The van der Waals surface area contributed by atoms with E-state index in [0.717, 1.165) is 36.8 Å². The zero-order chi connectivity index (χ0) is 26.9. The molecular weight excluding hydrogens is 580 g/mol. The Labute approximate surface area is 240 Å². The number of nitrogens with one attached hydrogen (secondary N) is 2. The van der Waals surface area contributed by atoms with Crippen LogP contribution in [0.1, 0.15) is 22.6 Å². The number of carbonyl (C=O) groups is 2. The van der Waals surface area contributed by atoms with Gasteiger partial charge in [0.1, 0.15) is 11.3 Å². The SMILES string of the molecule is COc1cccc([C@@H]2[C@@H](Cc3ccccc3)N[C@]3(C(=O)Nc4cc(Br)ccc43)[C@H]2C(=O)C=C(SC)SC)c1. The van der Waals surface area contributed by atoms with Gasteiger partial charge in [0.2, 0.25) is 5.91 Å². The summed E-state index contributed by atoms with van der Waals surface area (Å²) in [6.07, 6.45) is 6.30. The Hall–Kier alpha value is -2.52. The van der Waals surface area contributed by atoms with Gasteiger partial charge in [-0.05, 0) is 54.3 Å². The molecule has 8 heteroatoms. The first kappa shape index (κ1) is 27.1. The zero-order valence-electron chi connectivity index (χ0n) is 21.4. The van der Waals surface area contributed by atoms with E-state index in [1.54, 1.807) is 13.2 Å². The number of ketones is 1. The molecule has 3 aromatic rings. The molecule has 0 radical (unpaired) electrons. The molecule has 0 aromatic heterocycles. The Morgan fingerprint density at radius 3 is 2.53 bits per heavy atom. The van der Waals surface area contributed by atoms with Gasteiger partial charge in [-0.1, -0.05) is 64.5 Å². The van der Waals surface area contributed by atoms with Gasteiger partial charge >= 0.3 is 0 Å². The smallest absolute Gasteiger partial charge is 0.250 e. The normalized spacial score (nSPS) is 23.7. The molecule has 5 rings (SSSR count). The molecule has 2 heterocycles. The first-order chi connectivity index (χ1) is 18.4. The van der Waals surface area contributed by atoms with Gasteiger partial charge in [-0.2, -0.15) is 0 Å². The maximum Gasteiger partial charge on any atom is 0.250 e. The molecule has 0 aliphatic carbocycles. The van der Waals surface area contributed by atoms with Crippen LogP contribution in [0.3, 0.4) is 0 Å². The second kappa shape index (κ2) is 11.3. The van der Waals surface area contributed by atoms with Crippen LogP contribution < -0.4 is 15.4 Å². The summed E-state index contributed by atoms with van der Waals surface area (Å²) in [6.45, 7) is 0. The van der Waals surface area contributed by atoms with Crippen LogP contribution in [0.15, 0.2) is 87.6 Å². The molecule has 5 nitrogen and oxygen atoms in total. The number of methoxy groups -OCH3 is 1. The summed E-state index contributed by atoms with van der Waals surface area (Å²) in [6, 6.07) is 23.7. The van der Waals surface area contributed by atoms with Crippen molar-refractivity contribution >= 4 is 56.8 Å². The first-order valence-corrected chi connectivity index (χ1v) is 15.6. The van der Waals surface area contributed by atoms with E-state index in [1.807, 2.05) is 73.2 Å². The average Bonchev–Trinajstić information content (AvgIpc) is 3.41. The van der Waals surface area contributed by atoms with E-state index >= 15 is 0 Å². The number of amides is 1. The van der Waals surface area contributed by atoms with Crippen molar-refractivity contribution in [1.82, 2.24) is 5.32 Å². The largest absolute Gasteiger partial charge is 0.497 e. The second-order valence-electron chi connectivity index (χ2n) is 9.45. The Balaban J connectivity index is 1.73. The van der Waals surface area contributed by atoms with Gasteiger partial charge in [0.25, 0.3) is 0 Å². The second-order valence-corrected chi connectivity index (χ2v) is 12.3. The molecule has 0 bridgehead atoms. The molecular formula is C30H29BrN2O3S2. The lowest BCUT2D eigenvalue weighted by molar-refractivity contribution is -0.129. The highest BCUT2D eigenvalue weighted by Gasteiger charge is 2.63. The highest BCUT2D eigenvalue weighted by Crippen LogP contribution is 2.54. The Bertz CT molecular complexity index is 1390. The molecule has 4 atom stereocenters. The van der Waals surface area contributed by atoms with Gasteiger partial charge in [-0.3, -0.25) is 14.9 Å². The third kappa shape index (κ3) is 4.83. The van der Waals surface area contributed by atoms with Gasteiger partial charge in [0.05, 0.1) is 13.0 Å². The number of benzene rings is 3. The highest BCUT2D eigenvalue weighted by molar-refractivity contribution is 9.10. The summed E-state index contributed by atoms with van der Waals surface area (Å²) in [4.78, 5) is 28.3. The molecule has 2 aliphatic heterocycles. The van der Waals surface area contributed by atoms with E-state index in [-0.39, 0.29) is 23.7 Å². The number of allylic oxidation sites excluding steroid dienone is 1. The van der Waals surface area contributed by atoms with E-state index in [9.17, 15) is 9.59 Å². The number of hydrogen-bond donors (Lipinski definition) is 2. The number of thioether (sulfide) groups is 2. The average molecular weight is 610 g/mol. The van der Waals surface area contributed by atoms with Crippen molar-refractivity contribution in [3.8, 4) is 5.75 Å². The van der Waals surface area contributed by atoms with Gasteiger partial charge in [0.15, 0.2) is 5.78 Å². The van der Waals surface area contributed by atoms with Crippen molar-refractivity contribution in [2.45, 2.75) is 23.9 Å². The lowest BCUT2D eigenvalue weighted by Crippen LogP contribution is -2.51. The van der Waals surface area contributed by atoms with Gasteiger partial charge < -0.3 is 10.1 Å². The lowest BCUT2D eigenvalue weighted by atomic mass is 9.70. The third-order valence-corrected chi connectivity index (χ3v) is 9.96. The van der Waals surface area contributed by atoms with Gasteiger partial charge in [-0.25, -0.2) is 0 Å². The van der Waals surface area contributed by atoms with Gasteiger partial charge in [-0.15, -0.1) is 23.5 Å². The number of fused-ring (bicyclic) bond motifs is 2. The third-order valence-electron chi connectivity index (χ3n) is 7.43. The molecule has 2 N–H and O–H groups in total. The molecule has 1 saturated heterocycles. The highest BCUT2D eigenvalue weighted by atomic mass is 79.9. The number of anilines is 1. The van der Waals surface area contributed by atoms with Crippen LogP contribution in [0.25, 0.3) is 0 Å². The standard InChI is InChI=1S/C30H29BrN2O3S2/c1-36-21-11-7-10-19(15-21)27-24(14-18-8-5-4-6-9-18)33-30(28(27)25(34)17-26(37-2)38-3)22-13-12-20(31)16-23(22)32-29(30)35/h4-13,15-17,24,27-28,33H,14H2,1-3H3,(H,32,35)/t24-,27-,28+,30+/m1/s1. The van der Waals surface area contributed by atoms with E-state index in [4.69, 9.17) is 4.74 Å². The minimum absolute atomic E-state index is 0.0644. The fourth-order valence-corrected chi connectivity index (χ4v) is 7.35. The topological polar surface area (TPSA) is 67.4 Å². The van der Waals surface area contributed by atoms with Gasteiger partial charge in [0, 0.05) is 38.0 Å². The van der Waals surface area contributed by atoms with Crippen LogP contribution in [-0.4, -0.2) is 37.4 Å². The Morgan fingerprint density at radius 2 is 1.82 bits per heavy atom. The number of carbonyl (C=O) groups excluding carboxylic acids is 2. The van der Waals surface area contributed by atoms with Crippen LogP contribution in [-0.2, 0) is 21.5 Å². The van der Waals surface area contributed by atoms with Crippen LogP contribution in [0.2, 0.25) is 0 Å². The maximum atomic E-state index is 14.3. The maximum absolute atomic E-state index is 14.3. The molecule has 196 valence electrons. The zero-order valence-corrected chi connectivity index (χ0v) is 24.6. The van der Waals surface area contributed by atoms with Crippen LogP contribution in [0.5, 0.6) is 5.75 Å². The Morgan fingerprint density at radius 1 is 1.05 bits per heavy atom. The van der Waals surface area contributed by atoms with Crippen molar-refractivity contribution in [3.05, 3.63) is 104 Å². The monoisotopic (exact) mass is 608 g/mol. The molecule has 38 heavy (non-hydrogen) atoms. The summed E-state index contributed by atoms with van der Waals surface area (Å²) in [5.41, 5.74) is 2.42. The fourth-order valence-electron chi connectivity index (χ4n) is 5.85. The quantitative estimate of drug-likeness (QED) is 0.290. The predicted molar refractivity (Wildman–Crippen MR) is 161 cm³/mol. The molecule has 3 aromatic carbocycles. The minimum atomic E-state index is -1.21. The Kier molecular flexibility index (Phi) is 8.05. The lowest BCUT2D eigenvalue weighted by Gasteiger charge is -2.30. The molecule has 1 fully saturated rings. The van der Waals surface area contributed by atoms with Crippen LogP contribution in [0, 0.1) is 5.92 Å². The minimum Gasteiger partial charge on any atom is -0.497 e. The van der Waals surface area contributed by atoms with Crippen molar-refractivity contribution in [3.63, 3.8) is 0 Å². The van der Waals surface area contributed by atoms with E-state index < -0.39 is 11.5 Å². The summed E-state index contributed by atoms with van der Waals surface area (Å²) in [5, 5.41) is 6.81. The fraction of sp³-hybridized carbons (Fsp3) is 0.267. The molecule has 1 spiro atoms. The summed E-state index contributed by atoms with van der Waals surface area (Å²) in [5.74, 6) is -0.488. The number of halogens is 1. The van der Waals surface area contributed by atoms with Crippen molar-refractivity contribution < 1.29 is 14.3 Å². The number of hydrogen-bond acceptors (Lipinski definition) is 6. The van der Waals surface area contributed by atoms with Crippen LogP contribution in [0.4, 0.5) is 5.69 Å². The molecule has 1 amide bonds. The summed E-state index contributed by atoms with van der Waals surface area (Å²) < 4.78 is 7.34. The van der Waals surface area contributed by atoms with Crippen molar-refractivity contribution in [2.24, 2.45) is 5.92 Å². The molecule has 2 aliphatic rings. The first-order valence-electron chi connectivity index (χ1n) is 12.3. The predicted octanol–water partition coefficient (Wildman–Crippen LogP) is 6.36. The van der Waals surface area contributed by atoms with E-state index in [2.05, 4.69) is 38.7 Å². The molecule has 0 unspecified atom stereocenters. The molecule has 0 saturated carbocycles. The van der Waals surface area contributed by atoms with Crippen LogP contribution >= 0.6 is 39.5 Å². The number of rotatable bonds is 8.